The van der Waals surface area contributed by atoms with Crippen molar-refractivity contribution in [1.82, 2.24) is 15.3 Å². The van der Waals surface area contributed by atoms with Crippen molar-refractivity contribution in [2.75, 3.05) is 6.54 Å². The molecule has 1 amide bonds. The number of hydrogen-bond acceptors (Lipinski definition) is 2. The molecule has 5 heteroatoms. The maximum atomic E-state index is 13.7. The van der Waals surface area contributed by atoms with Crippen molar-refractivity contribution in [2.45, 2.75) is 26.2 Å². The third-order valence-corrected chi connectivity index (χ3v) is 3.99. The summed E-state index contributed by atoms with van der Waals surface area (Å²) in [6.45, 7) is 2.54. The zero-order chi connectivity index (χ0) is 16.9. The Morgan fingerprint density at radius 3 is 2.92 bits per heavy atom. The Kier molecular flexibility index (Phi) is 4.89. The third-order valence-electron chi connectivity index (χ3n) is 3.99. The van der Waals surface area contributed by atoms with Gasteiger partial charge in [0.15, 0.2) is 0 Å². The zero-order valence-corrected chi connectivity index (χ0v) is 13.6. The molecule has 0 spiro atoms. The van der Waals surface area contributed by atoms with Crippen molar-refractivity contribution in [3.05, 3.63) is 54.0 Å². The van der Waals surface area contributed by atoms with Crippen LogP contribution in [-0.4, -0.2) is 22.4 Å². The Morgan fingerprint density at radius 1 is 1.29 bits per heavy atom. The predicted molar refractivity (Wildman–Crippen MR) is 93.1 cm³/mol. The number of carbonyl (C=O) groups excluding carboxylic acids is 1. The number of amides is 1. The standard InChI is InChI=1S/C19H20FN3O/c1-2-21-18(24)8-5-6-14-15-12-13(20)9-10-16(15)23-19(14)17-7-3-4-11-22-17/h3-4,7,9-12,23H,2,5-6,8H2,1H3,(H,21,24). The van der Waals surface area contributed by atoms with E-state index in [4.69, 9.17) is 0 Å². The van der Waals surface area contributed by atoms with Crippen LogP contribution in [0.25, 0.3) is 22.3 Å². The van der Waals surface area contributed by atoms with Crippen LogP contribution in [0.4, 0.5) is 4.39 Å². The first-order valence-corrected chi connectivity index (χ1v) is 8.17. The molecule has 0 bridgehead atoms. The van der Waals surface area contributed by atoms with Gasteiger partial charge in [-0.2, -0.15) is 0 Å². The molecule has 24 heavy (non-hydrogen) atoms. The first kappa shape index (κ1) is 16.2. The van der Waals surface area contributed by atoms with E-state index in [1.807, 2.05) is 25.1 Å². The van der Waals surface area contributed by atoms with E-state index in [-0.39, 0.29) is 11.7 Å². The number of H-pyrrole nitrogens is 1. The quantitative estimate of drug-likeness (QED) is 0.724. The Balaban J connectivity index is 1.94. The van der Waals surface area contributed by atoms with Gasteiger partial charge in [0.05, 0.1) is 11.4 Å². The number of aromatic amines is 1. The largest absolute Gasteiger partial charge is 0.356 e. The molecule has 4 nitrogen and oxygen atoms in total. The molecular formula is C19H20FN3O. The van der Waals surface area contributed by atoms with Crippen molar-refractivity contribution in [3.63, 3.8) is 0 Å². The number of aryl methyl sites for hydroxylation is 1. The SMILES string of the molecule is CCNC(=O)CCCc1c(-c2ccccn2)[nH]c2ccc(F)cc12. The van der Waals surface area contributed by atoms with Crippen LogP contribution in [0.3, 0.4) is 0 Å². The lowest BCUT2D eigenvalue weighted by atomic mass is 10.0. The Labute approximate surface area is 140 Å². The molecule has 2 heterocycles. The number of rotatable bonds is 6. The van der Waals surface area contributed by atoms with Gasteiger partial charge in [0.1, 0.15) is 5.82 Å². The van der Waals surface area contributed by atoms with Crippen molar-refractivity contribution in [2.24, 2.45) is 0 Å². The highest BCUT2D eigenvalue weighted by atomic mass is 19.1. The maximum Gasteiger partial charge on any atom is 0.219 e. The van der Waals surface area contributed by atoms with Gasteiger partial charge in [-0.05, 0) is 55.7 Å². The topological polar surface area (TPSA) is 57.8 Å². The monoisotopic (exact) mass is 325 g/mol. The number of hydrogen-bond donors (Lipinski definition) is 2. The minimum absolute atomic E-state index is 0.0444. The molecule has 0 aliphatic heterocycles. The number of nitrogens with one attached hydrogen (secondary N) is 2. The van der Waals surface area contributed by atoms with Crippen LogP contribution in [0.15, 0.2) is 42.6 Å². The fraction of sp³-hybridized carbons (Fsp3) is 0.263. The summed E-state index contributed by atoms with van der Waals surface area (Å²) in [6.07, 6.45) is 3.58. The molecule has 1 aromatic carbocycles. The summed E-state index contributed by atoms with van der Waals surface area (Å²) in [5, 5.41) is 3.65. The summed E-state index contributed by atoms with van der Waals surface area (Å²) in [6, 6.07) is 10.4. The number of aromatic nitrogens is 2. The van der Waals surface area contributed by atoms with Crippen LogP contribution >= 0.6 is 0 Å². The summed E-state index contributed by atoms with van der Waals surface area (Å²) in [5.41, 5.74) is 3.60. The second-order valence-electron chi connectivity index (χ2n) is 5.69. The number of carbonyl (C=O) groups is 1. The number of halogens is 1. The van der Waals surface area contributed by atoms with E-state index in [1.165, 1.54) is 6.07 Å². The molecule has 0 atom stereocenters. The van der Waals surface area contributed by atoms with Gasteiger partial charge in [-0.25, -0.2) is 4.39 Å². The number of benzene rings is 1. The number of pyridine rings is 1. The molecule has 0 aliphatic carbocycles. The van der Waals surface area contributed by atoms with Crippen LogP contribution < -0.4 is 5.32 Å². The van der Waals surface area contributed by atoms with Gasteiger partial charge in [-0.1, -0.05) is 6.07 Å². The van der Waals surface area contributed by atoms with Crippen molar-refractivity contribution < 1.29 is 9.18 Å². The summed E-state index contributed by atoms with van der Waals surface area (Å²) < 4.78 is 13.7. The van der Waals surface area contributed by atoms with Crippen molar-refractivity contribution in [1.29, 1.82) is 0 Å². The molecule has 124 valence electrons. The molecule has 0 aliphatic rings. The van der Waals surface area contributed by atoms with Gasteiger partial charge in [-0.15, -0.1) is 0 Å². The first-order valence-electron chi connectivity index (χ1n) is 8.17. The van der Waals surface area contributed by atoms with Crippen LogP contribution in [0.1, 0.15) is 25.3 Å². The fourth-order valence-corrected chi connectivity index (χ4v) is 2.92. The van der Waals surface area contributed by atoms with Gasteiger partial charge in [0.2, 0.25) is 5.91 Å². The summed E-state index contributed by atoms with van der Waals surface area (Å²) in [7, 11) is 0. The van der Waals surface area contributed by atoms with Crippen LogP contribution in [0, 0.1) is 5.82 Å². The van der Waals surface area contributed by atoms with Gasteiger partial charge in [0, 0.05) is 30.1 Å². The van der Waals surface area contributed by atoms with E-state index >= 15 is 0 Å². The maximum absolute atomic E-state index is 13.7. The summed E-state index contributed by atoms with van der Waals surface area (Å²) >= 11 is 0. The second kappa shape index (κ2) is 7.25. The predicted octanol–water partition coefficient (Wildman–Crippen LogP) is 3.83. The molecule has 3 rings (SSSR count). The third kappa shape index (κ3) is 3.45. The average molecular weight is 325 g/mol. The van der Waals surface area contributed by atoms with E-state index < -0.39 is 0 Å². The Hall–Kier alpha value is -2.69. The van der Waals surface area contributed by atoms with Gasteiger partial charge in [-0.3, -0.25) is 9.78 Å². The van der Waals surface area contributed by atoms with E-state index in [1.54, 1.807) is 18.3 Å². The van der Waals surface area contributed by atoms with Crippen LogP contribution in [0.2, 0.25) is 0 Å². The normalized spacial score (nSPS) is 10.9. The molecule has 2 N–H and O–H groups in total. The van der Waals surface area contributed by atoms with Gasteiger partial charge >= 0.3 is 0 Å². The lowest BCUT2D eigenvalue weighted by molar-refractivity contribution is -0.121. The second-order valence-corrected chi connectivity index (χ2v) is 5.69. The van der Waals surface area contributed by atoms with Crippen molar-refractivity contribution in [3.8, 4) is 11.4 Å². The van der Waals surface area contributed by atoms with Gasteiger partial charge in [0.25, 0.3) is 0 Å². The summed E-state index contributed by atoms with van der Waals surface area (Å²) in [4.78, 5) is 19.4. The Bertz CT molecular complexity index is 842. The first-order chi connectivity index (χ1) is 11.7. The molecule has 3 aromatic rings. The van der Waals surface area contributed by atoms with Gasteiger partial charge < -0.3 is 10.3 Å². The molecule has 0 fully saturated rings. The van der Waals surface area contributed by atoms with Crippen molar-refractivity contribution >= 4 is 16.8 Å². The summed E-state index contributed by atoms with van der Waals surface area (Å²) in [5.74, 6) is -0.220. The molecule has 2 aromatic heterocycles. The fourth-order valence-electron chi connectivity index (χ4n) is 2.92. The highest BCUT2D eigenvalue weighted by Crippen LogP contribution is 2.31. The number of fused-ring (bicyclic) bond motifs is 1. The van der Waals surface area contributed by atoms with Crippen LogP contribution in [0.5, 0.6) is 0 Å². The molecular weight excluding hydrogens is 305 g/mol. The minimum Gasteiger partial charge on any atom is -0.356 e. The highest BCUT2D eigenvalue weighted by molar-refractivity contribution is 5.90. The zero-order valence-electron chi connectivity index (χ0n) is 13.6. The van der Waals surface area contributed by atoms with E-state index in [9.17, 15) is 9.18 Å². The average Bonchev–Trinajstić information content (AvgIpc) is 2.94. The lowest BCUT2D eigenvalue weighted by Gasteiger charge is -2.05. The Morgan fingerprint density at radius 2 is 2.17 bits per heavy atom. The van der Waals surface area contributed by atoms with E-state index in [0.29, 0.717) is 25.8 Å². The smallest absolute Gasteiger partial charge is 0.219 e. The molecule has 0 saturated carbocycles. The molecule has 0 unspecified atom stereocenters. The van der Waals surface area contributed by atoms with E-state index in [0.717, 1.165) is 27.9 Å². The lowest BCUT2D eigenvalue weighted by Crippen LogP contribution is -2.22. The molecule has 0 saturated heterocycles. The minimum atomic E-state index is -0.265. The number of nitrogens with zero attached hydrogens (tertiary/aromatic N) is 1. The molecule has 0 radical (unpaired) electrons. The van der Waals surface area contributed by atoms with Crippen LogP contribution in [-0.2, 0) is 11.2 Å². The van der Waals surface area contributed by atoms with E-state index in [2.05, 4.69) is 15.3 Å². The highest BCUT2D eigenvalue weighted by Gasteiger charge is 2.15.